The maximum absolute atomic E-state index is 6.11. The summed E-state index contributed by atoms with van der Waals surface area (Å²) in [6, 6.07) is 14.5. The fourth-order valence-corrected chi connectivity index (χ4v) is 3.35. The molecule has 7 nitrogen and oxygen atoms in total. The number of hydrogen-bond acceptors (Lipinski definition) is 6. The molecule has 0 bridgehead atoms. The van der Waals surface area contributed by atoms with Gasteiger partial charge in [0.15, 0.2) is 11.5 Å². The van der Waals surface area contributed by atoms with Gasteiger partial charge in [0.1, 0.15) is 5.52 Å². The lowest BCUT2D eigenvalue weighted by Crippen LogP contribution is -2.09. The molecule has 4 aromatic rings. The molecule has 1 aromatic carbocycles. The highest BCUT2D eigenvalue weighted by Gasteiger charge is 2.11. The summed E-state index contributed by atoms with van der Waals surface area (Å²) in [6.07, 6.45) is 9.42. The van der Waals surface area contributed by atoms with Crippen molar-refractivity contribution in [1.82, 2.24) is 24.5 Å². The molecule has 0 aliphatic rings. The summed E-state index contributed by atoms with van der Waals surface area (Å²) in [5, 5.41) is 3.30. The Morgan fingerprint density at radius 1 is 0.897 bits per heavy atom. The minimum Gasteiger partial charge on any atom is -0.382 e. The van der Waals surface area contributed by atoms with Gasteiger partial charge in [-0.15, -0.1) is 0 Å². The van der Waals surface area contributed by atoms with Crippen LogP contribution in [0.5, 0.6) is 0 Å². The zero-order chi connectivity index (χ0) is 19.9. The fourth-order valence-electron chi connectivity index (χ4n) is 3.35. The molecule has 3 N–H and O–H groups in total. The first-order chi connectivity index (χ1) is 14.3. The molecule has 29 heavy (non-hydrogen) atoms. The third-order valence-corrected chi connectivity index (χ3v) is 4.87. The van der Waals surface area contributed by atoms with Gasteiger partial charge in [-0.05, 0) is 48.9 Å². The monoisotopic (exact) mass is 387 g/mol. The summed E-state index contributed by atoms with van der Waals surface area (Å²) in [6.45, 7) is 1.61. The van der Waals surface area contributed by atoms with Crippen molar-refractivity contribution < 1.29 is 0 Å². The molecule has 148 valence electrons. The Kier molecular flexibility index (Phi) is 5.95. The van der Waals surface area contributed by atoms with Crippen molar-refractivity contribution in [2.45, 2.75) is 32.2 Å². The highest BCUT2D eigenvalue weighted by Crippen LogP contribution is 2.19. The van der Waals surface area contributed by atoms with Gasteiger partial charge in [0, 0.05) is 25.5 Å². The van der Waals surface area contributed by atoms with Gasteiger partial charge in [-0.1, -0.05) is 30.3 Å². The van der Waals surface area contributed by atoms with Gasteiger partial charge in [0.2, 0.25) is 5.95 Å². The minimum atomic E-state index is 0.411. The molecule has 0 spiro atoms. The predicted molar refractivity (Wildman–Crippen MR) is 116 cm³/mol. The second kappa shape index (κ2) is 9.14. The average molecular weight is 387 g/mol. The maximum atomic E-state index is 6.11. The van der Waals surface area contributed by atoms with E-state index in [-0.39, 0.29) is 0 Å². The molecule has 0 radical (unpaired) electrons. The van der Waals surface area contributed by atoms with Crippen molar-refractivity contribution in [3.8, 4) is 0 Å². The number of nitrogens with zero attached hydrogens (tertiary/aromatic N) is 5. The number of benzene rings is 1. The highest BCUT2D eigenvalue weighted by molar-refractivity contribution is 5.82. The van der Waals surface area contributed by atoms with Crippen LogP contribution >= 0.6 is 0 Å². The Hall–Kier alpha value is -3.48. The Morgan fingerprint density at radius 3 is 2.48 bits per heavy atom. The largest absolute Gasteiger partial charge is 0.382 e. The van der Waals surface area contributed by atoms with Crippen molar-refractivity contribution in [2.75, 3.05) is 17.6 Å². The molecule has 0 aliphatic heterocycles. The van der Waals surface area contributed by atoms with E-state index in [9.17, 15) is 0 Å². The van der Waals surface area contributed by atoms with E-state index in [1.165, 1.54) is 11.1 Å². The molecule has 0 fully saturated rings. The molecular formula is C22H25N7. The first kappa shape index (κ1) is 18.9. The van der Waals surface area contributed by atoms with Gasteiger partial charge in [0.05, 0.1) is 6.33 Å². The molecule has 4 rings (SSSR count). The molecule has 0 saturated heterocycles. The molecule has 0 unspecified atom stereocenters. The number of nitrogens with two attached hydrogens (primary N) is 1. The number of imidazole rings is 1. The van der Waals surface area contributed by atoms with E-state index in [4.69, 9.17) is 5.73 Å². The smallest absolute Gasteiger partial charge is 0.226 e. The Balaban J connectivity index is 1.36. The van der Waals surface area contributed by atoms with E-state index in [1.54, 1.807) is 6.33 Å². The zero-order valence-corrected chi connectivity index (χ0v) is 16.3. The molecule has 0 saturated carbocycles. The van der Waals surface area contributed by atoms with Crippen molar-refractivity contribution >= 4 is 22.9 Å². The van der Waals surface area contributed by atoms with Gasteiger partial charge < -0.3 is 15.6 Å². The molecule has 3 aromatic heterocycles. The SMILES string of the molecule is Nc1nc(NCCCc2ccccc2)nc2c1ncn2CCCc1ccncc1. The average Bonchev–Trinajstić information content (AvgIpc) is 3.16. The number of nitrogen functional groups attached to an aromatic ring is 1. The number of aryl methyl sites for hydroxylation is 3. The van der Waals surface area contributed by atoms with Crippen LogP contribution in [-0.4, -0.2) is 31.0 Å². The summed E-state index contributed by atoms with van der Waals surface area (Å²) < 4.78 is 2.05. The number of fused-ring (bicyclic) bond motifs is 1. The van der Waals surface area contributed by atoms with Crippen molar-refractivity contribution in [1.29, 1.82) is 0 Å². The topological polar surface area (TPSA) is 94.5 Å². The first-order valence-electron chi connectivity index (χ1n) is 9.94. The molecule has 0 aliphatic carbocycles. The summed E-state index contributed by atoms with van der Waals surface area (Å²) in [5.41, 5.74) is 10.2. The van der Waals surface area contributed by atoms with Gasteiger partial charge in [-0.2, -0.15) is 9.97 Å². The summed E-state index contributed by atoms with van der Waals surface area (Å²) in [7, 11) is 0. The Morgan fingerprint density at radius 2 is 1.66 bits per heavy atom. The van der Waals surface area contributed by atoms with Gasteiger partial charge in [-0.3, -0.25) is 4.98 Å². The molecule has 7 heteroatoms. The second-order valence-corrected chi connectivity index (χ2v) is 7.02. The molecule has 3 heterocycles. The van der Waals surface area contributed by atoms with Crippen LogP contribution in [0.25, 0.3) is 11.2 Å². The van der Waals surface area contributed by atoms with Crippen LogP contribution in [0.1, 0.15) is 24.0 Å². The van der Waals surface area contributed by atoms with Crippen LogP contribution in [-0.2, 0) is 19.4 Å². The third kappa shape index (κ3) is 4.87. The van der Waals surface area contributed by atoms with Crippen molar-refractivity contribution in [3.63, 3.8) is 0 Å². The highest BCUT2D eigenvalue weighted by atomic mass is 15.2. The lowest BCUT2D eigenvalue weighted by Gasteiger charge is -2.08. The van der Waals surface area contributed by atoms with Gasteiger partial charge in [-0.25, -0.2) is 4.98 Å². The van der Waals surface area contributed by atoms with E-state index in [0.717, 1.165) is 44.4 Å². The van der Waals surface area contributed by atoms with E-state index >= 15 is 0 Å². The lowest BCUT2D eigenvalue weighted by atomic mass is 10.1. The van der Waals surface area contributed by atoms with E-state index in [1.807, 2.05) is 35.2 Å². The van der Waals surface area contributed by atoms with Crippen LogP contribution in [0.4, 0.5) is 11.8 Å². The van der Waals surface area contributed by atoms with Gasteiger partial charge in [0.25, 0.3) is 0 Å². The maximum Gasteiger partial charge on any atom is 0.226 e. The van der Waals surface area contributed by atoms with Crippen LogP contribution in [0.15, 0.2) is 61.2 Å². The number of rotatable bonds is 9. The molecule has 0 amide bonds. The van der Waals surface area contributed by atoms with E-state index in [0.29, 0.717) is 17.3 Å². The summed E-state index contributed by atoms with van der Waals surface area (Å²) in [5.74, 6) is 0.965. The fraction of sp³-hybridized carbons (Fsp3) is 0.273. The molecular weight excluding hydrogens is 362 g/mol. The quantitative estimate of drug-likeness (QED) is 0.427. The van der Waals surface area contributed by atoms with E-state index < -0.39 is 0 Å². The van der Waals surface area contributed by atoms with Gasteiger partial charge >= 0.3 is 0 Å². The second-order valence-electron chi connectivity index (χ2n) is 7.02. The number of pyridine rings is 1. The van der Waals surface area contributed by atoms with Crippen molar-refractivity contribution in [2.24, 2.45) is 0 Å². The summed E-state index contributed by atoms with van der Waals surface area (Å²) >= 11 is 0. The third-order valence-electron chi connectivity index (χ3n) is 4.87. The Bertz CT molecular complexity index is 1040. The van der Waals surface area contributed by atoms with E-state index in [2.05, 4.69) is 49.5 Å². The Labute approximate surface area is 170 Å². The number of nitrogens with one attached hydrogen (secondary N) is 1. The van der Waals surface area contributed by atoms with Crippen LogP contribution in [0.2, 0.25) is 0 Å². The number of anilines is 2. The molecule has 0 atom stereocenters. The predicted octanol–water partition coefficient (Wildman–Crippen LogP) is 3.48. The minimum absolute atomic E-state index is 0.411. The van der Waals surface area contributed by atoms with Crippen LogP contribution < -0.4 is 11.1 Å². The standard InChI is InChI=1S/C22H25N7/c23-20-19-21(29(16-26-19)15-5-9-18-10-13-24-14-11-18)28-22(27-20)25-12-4-8-17-6-2-1-3-7-17/h1-3,6-7,10-11,13-14,16H,4-5,8-9,12,15H2,(H3,23,25,27,28). The normalized spacial score (nSPS) is 11.0. The van der Waals surface area contributed by atoms with Crippen LogP contribution in [0, 0.1) is 0 Å². The first-order valence-corrected chi connectivity index (χ1v) is 9.94. The van der Waals surface area contributed by atoms with Crippen LogP contribution in [0.3, 0.4) is 0 Å². The summed E-state index contributed by atoms with van der Waals surface area (Å²) in [4.78, 5) is 17.5. The van der Waals surface area contributed by atoms with Crippen molar-refractivity contribution in [3.05, 3.63) is 72.3 Å². The zero-order valence-electron chi connectivity index (χ0n) is 16.3. The number of hydrogen-bond donors (Lipinski definition) is 2. The number of aromatic nitrogens is 5. The lowest BCUT2D eigenvalue weighted by molar-refractivity contribution is 0.652.